The maximum absolute atomic E-state index is 14.1. The van der Waals surface area contributed by atoms with E-state index in [9.17, 15) is 22.4 Å². The molecule has 0 spiro atoms. The smallest absolute Gasteiger partial charge is 0.286 e. The Hall–Kier alpha value is -3.07. The number of ketones is 1. The number of nitrogens with zero attached hydrogens (tertiary/aromatic N) is 2. The van der Waals surface area contributed by atoms with Crippen molar-refractivity contribution in [2.24, 2.45) is 28.1 Å². The minimum atomic E-state index is -4.06. The molecule has 7 nitrogen and oxygen atoms in total. The summed E-state index contributed by atoms with van der Waals surface area (Å²) in [5, 5.41) is 2.98. The highest BCUT2D eigenvalue weighted by atomic mass is 32.2. The lowest BCUT2D eigenvalue weighted by Crippen LogP contribution is -2.68. The van der Waals surface area contributed by atoms with Crippen molar-refractivity contribution in [1.29, 1.82) is 0 Å². The summed E-state index contributed by atoms with van der Waals surface area (Å²) in [6.45, 7) is 2.25. The zero-order valence-corrected chi connectivity index (χ0v) is 20.1. The third kappa shape index (κ3) is 3.13. The summed E-state index contributed by atoms with van der Waals surface area (Å²) in [4.78, 5) is 30.0. The summed E-state index contributed by atoms with van der Waals surface area (Å²) in [6.07, 6.45) is 3.40. The van der Waals surface area contributed by atoms with Crippen molar-refractivity contribution in [2.75, 3.05) is 5.32 Å². The zero-order valence-electron chi connectivity index (χ0n) is 19.3. The van der Waals surface area contributed by atoms with E-state index in [1.54, 1.807) is 35.2 Å². The van der Waals surface area contributed by atoms with Gasteiger partial charge in [0.2, 0.25) is 5.91 Å². The maximum atomic E-state index is 14.1. The Kier molecular flexibility index (Phi) is 4.94. The van der Waals surface area contributed by atoms with E-state index in [4.69, 9.17) is 0 Å². The molecule has 2 aliphatic heterocycles. The van der Waals surface area contributed by atoms with Gasteiger partial charge in [0.05, 0.1) is 11.2 Å². The van der Waals surface area contributed by atoms with Gasteiger partial charge in [-0.1, -0.05) is 31.2 Å². The number of carbonyl (C=O) groups excluding carboxylic acids is 2. The first-order valence-corrected chi connectivity index (χ1v) is 13.5. The number of amides is 1. The number of benzene rings is 2. The fraction of sp³-hybridized carbons (Fsp3) is 0.423. The number of amidine groups is 1. The van der Waals surface area contributed by atoms with E-state index in [1.165, 1.54) is 18.2 Å². The molecule has 182 valence electrons. The van der Waals surface area contributed by atoms with Gasteiger partial charge in [-0.25, -0.2) is 4.39 Å². The van der Waals surface area contributed by atoms with Crippen LogP contribution in [0.2, 0.25) is 0 Å². The van der Waals surface area contributed by atoms with Crippen molar-refractivity contribution >= 4 is 33.2 Å². The highest BCUT2D eigenvalue weighted by Gasteiger charge is 2.68. The van der Waals surface area contributed by atoms with Crippen molar-refractivity contribution in [1.82, 2.24) is 4.90 Å². The number of rotatable bonds is 4. The molecule has 0 aromatic heterocycles. The molecule has 4 aliphatic rings. The molecule has 3 fully saturated rings. The monoisotopic (exact) mass is 495 g/mol. The van der Waals surface area contributed by atoms with Crippen LogP contribution in [0.4, 0.5) is 10.1 Å². The summed E-state index contributed by atoms with van der Waals surface area (Å²) in [6, 6.07) is 12.4. The van der Waals surface area contributed by atoms with Crippen LogP contribution in [0.3, 0.4) is 0 Å². The molecule has 0 radical (unpaired) electrons. The van der Waals surface area contributed by atoms with E-state index < -0.39 is 27.4 Å². The molecule has 9 heteroatoms. The van der Waals surface area contributed by atoms with E-state index in [-0.39, 0.29) is 46.6 Å². The van der Waals surface area contributed by atoms with Crippen molar-refractivity contribution in [3.63, 3.8) is 0 Å². The largest absolute Gasteiger partial charge is 0.341 e. The quantitative estimate of drug-likeness (QED) is 0.652. The number of fused-ring (bicyclic) bond motifs is 6. The van der Waals surface area contributed by atoms with Gasteiger partial charge in [0.25, 0.3) is 10.0 Å². The van der Waals surface area contributed by atoms with Crippen LogP contribution in [0.5, 0.6) is 0 Å². The van der Waals surface area contributed by atoms with E-state index in [2.05, 4.69) is 9.71 Å². The van der Waals surface area contributed by atoms with E-state index in [0.717, 1.165) is 24.8 Å². The Labute approximate surface area is 203 Å². The van der Waals surface area contributed by atoms with E-state index in [0.29, 0.717) is 12.1 Å². The summed E-state index contributed by atoms with van der Waals surface area (Å²) < 4.78 is 43.3. The molecule has 2 aromatic rings. The Morgan fingerprint density at radius 2 is 1.86 bits per heavy atom. The van der Waals surface area contributed by atoms with E-state index in [1.807, 2.05) is 6.92 Å². The number of anilines is 1. The topological polar surface area (TPSA) is 95.9 Å². The molecule has 2 aliphatic carbocycles. The number of likely N-dealkylation sites (tertiary alicyclic amines) is 1. The molecule has 2 bridgehead atoms. The highest BCUT2D eigenvalue weighted by Crippen LogP contribution is 2.61. The second-order valence-corrected chi connectivity index (χ2v) is 11.6. The molecule has 35 heavy (non-hydrogen) atoms. The molecule has 2 aromatic carbocycles. The molecule has 6 rings (SSSR count). The van der Waals surface area contributed by atoms with Crippen molar-refractivity contribution in [3.8, 4) is 0 Å². The number of nitrogens with one attached hydrogen (secondary N) is 1. The van der Waals surface area contributed by atoms with Crippen LogP contribution in [-0.4, -0.2) is 36.4 Å². The van der Waals surface area contributed by atoms with Crippen LogP contribution < -0.4 is 5.32 Å². The van der Waals surface area contributed by atoms with Crippen molar-refractivity contribution in [2.45, 2.75) is 49.6 Å². The number of halogens is 1. The summed E-state index contributed by atoms with van der Waals surface area (Å²) >= 11 is 0. The molecular weight excluding hydrogens is 469 g/mol. The Morgan fingerprint density at radius 1 is 1.11 bits per heavy atom. The Bertz CT molecular complexity index is 1370. The fourth-order valence-electron chi connectivity index (χ4n) is 7.17. The lowest BCUT2D eigenvalue weighted by molar-refractivity contribution is -0.164. The van der Waals surface area contributed by atoms with Gasteiger partial charge in [0.15, 0.2) is 11.7 Å². The Balaban J connectivity index is 1.46. The average Bonchev–Trinajstić information content (AvgIpc) is 3.44. The summed E-state index contributed by atoms with van der Waals surface area (Å²) in [5.74, 6) is -2.49. The summed E-state index contributed by atoms with van der Waals surface area (Å²) in [7, 11) is -4.06. The van der Waals surface area contributed by atoms with Crippen LogP contribution in [0.1, 0.15) is 38.2 Å². The predicted molar refractivity (Wildman–Crippen MR) is 127 cm³/mol. The van der Waals surface area contributed by atoms with Gasteiger partial charge >= 0.3 is 0 Å². The van der Waals surface area contributed by atoms with Gasteiger partial charge in [-0.3, -0.25) is 9.59 Å². The second-order valence-electron chi connectivity index (χ2n) is 10.1. The van der Waals surface area contributed by atoms with Crippen LogP contribution in [0, 0.1) is 29.5 Å². The van der Waals surface area contributed by atoms with Crippen LogP contribution >= 0.6 is 0 Å². The van der Waals surface area contributed by atoms with Gasteiger partial charge in [-0.2, -0.15) is 8.42 Å². The number of carbonyl (C=O) groups is 2. The molecule has 5 atom stereocenters. The third-order valence-electron chi connectivity index (χ3n) is 8.54. The van der Waals surface area contributed by atoms with Crippen molar-refractivity contribution in [3.05, 3.63) is 59.9 Å². The van der Waals surface area contributed by atoms with Gasteiger partial charge in [-0.15, -0.1) is 4.40 Å². The van der Waals surface area contributed by atoms with Crippen molar-refractivity contribution < 1.29 is 22.4 Å². The molecular formula is C26H26FN3O4S. The van der Waals surface area contributed by atoms with Gasteiger partial charge in [0.1, 0.15) is 16.5 Å². The molecule has 1 N–H and O–H groups in total. The molecule has 1 amide bonds. The fourth-order valence-corrected chi connectivity index (χ4v) is 8.33. The molecule has 1 saturated heterocycles. The number of sulfonamides is 1. The lowest BCUT2D eigenvalue weighted by atomic mass is 9.63. The third-order valence-corrected chi connectivity index (χ3v) is 9.89. The van der Waals surface area contributed by atoms with Crippen LogP contribution in [0.15, 0.2) is 57.8 Å². The normalized spacial score (nSPS) is 32.6. The highest BCUT2D eigenvalue weighted by molar-refractivity contribution is 7.90. The molecule has 2 heterocycles. The Morgan fingerprint density at radius 3 is 2.60 bits per heavy atom. The number of Topliss-reactive ketones (excluding diaryl/α,β-unsaturated/α-hetero) is 1. The number of hydrogen-bond donors (Lipinski definition) is 1. The minimum Gasteiger partial charge on any atom is -0.341 e. The average molecular weight is 496 g/mol. The first kappa shape index (κ1) is 22.4. The minimum absolute atomic E-state index is 0.0189. The predicted octanol–water partition coefficient (Wildman–Crippen LogP) is 3.76. The standard InChI is InChI=1S/C26H26FN3O4S/c1-2-26-17-10-9-16(13-17)22(26)23(31)21(25(32)30(26)14-15-7-11-18(27)12-8-15)24-28-19-5-3-4-6-20(19)35(33,34)29-24/h3-8,11-12,16-17,21-22H,2,9-10,13-14H2,1H3,(H,28,29). The summed E-state index contributed by atoms with van der Waals surface area (Å²) in [5.41, 5.74) is 0.454. The molecule has 2 saturated carbocycles. The van der Waals surface area contributed by atoms with Gasteiger partial charge in [0, 0.05) is 12.5 Å². The lowest BCUT2D eigenvalue weighted by Gasteiger charge is -2.55. The molecule has 5 unspecified atom stereocenters. The first-order chi connectivity index (χ1) is 16.8. The first-order valence-electron chi connectivity index (χ1n) is 12.1. The zero-order chi connectivity index (χ0) is 24.5. The number of hydrogen-bond acceptors (Lipinski definition) is 5. The number of para-hydroxylation sites is 1. The van der Waals surface area contributed by atoms with Crippen LogP contribution in [0.25, 0.3) is 0 Å². The SMILES string of the molecule is CCC12C3CCC(C3)C1C(=O)C(C1=NS(=O)(=O)c3ccccc3N1)C(=O)N2Cc1ccc(F)cc1. The van der Waals surface area contributed by atoms with Crippen LogP contribution in [-0.2, 0) is 26.2 Å². The van der Waals surface area contributed by atoms with Gasteiger partial charge in [-0.05, 0) is 67.3 Å². The number of piperidine rings is 1. The van der Waals surface area contributed by atoms with Gasteiger partial charge < -0.3 is 10.2 Å². The van der Waals surface area contributed by atoms with E-state index >= 15 is 0 Å². The maximum Gasteiger partial charge on any atom is 0.286 e. The second kappa shape index (κ2) is 7.71.